The lowest BCUT2D eigenvalue weighted by Gasteiger charge is -2.37. The summed E-state index contributed by atoms with van der Waals surface area (Å²) in [5.74, 6) is -0.218. The van der Waals surface area contributed by atoms with Crippen LogP contribution in [0.4, 0.5) is 17.1 Å². The summed E-state index contributed by atoms with van der Waals surface area (Å²) in [5.41, 5.74) is 2.25. The van der Waals surface area contributed by atoms with Gasteiger partial charge < -0.3 is 19.4 Å². The monoisotopic (exact) mass is 581 g/mol. The fourth-order valence-corrected chi connectivity index (χ4v) is 4.57. The highest BCUT2D eigenvalue weighted by Crippen LogP contribution is 2.33. The highest BCUT2D eigenvalue weighted by Gasteiger charge is 2.25. The number of nitrogens with zero attached hydrogens (tertiary/aromatic N) is 4. The molecule has 2 saturated heterocycles. The lowest BCUT2D eigenvalue weighted by Crippen LogP contribution is -2.52. The summed E-state index contributed by atoms with van der Waals surface area (Å²) < 4.78 is 6.45. The molecule has 9 nitrogen and oxygen atoms in total. The van der Waals surface area contributed by atoms with Crippen LogP contribution < -0.4 is 15.1 Å². The van der Waals surface area contributed by atoms with Gasteiger partial charge in [-0.1, -0.05) is 0 Å². The number of nitrogens with one attached hydrogen (secondary N) is 1. The van der Waals surface area contributed by atoms with Crippen LogP contribution in [0.5, 0.6) is 0 Å². The van der Waals surface area contributed by atoms with E-state index < -0.39 is 0 Å². The molecule has 0 aromatic heterocycles. The van der Waals surface area contributed by atoms with Gasteiger partial charge in [-0.2, -0.15) is 0 Å². The van der Waals surface area contributed by atoms with Crippen molar-refractivity contribution in [3.63, 3.8) is 0 Å². The van der Waals surface area contributed by atoms with Gasteiger partial charge in [0.05, 0.1) is 18.1 Å². The Morgan fingerprint density at radius 3 is 2.30 bits per heavy atom. The Morgan fingerprint density at radius 1 is 1.00 bits per heavy atom. The number of rotatable bonds is 4. The van der Waals surface area contributed by atoms with Crippen LogP contribution in [0.2, 0.25) is 0 Å². The first-order chi connectivity index (χ1) is 15.9. The minimum absolute atomic E-state index is 0.110. The van der Waals surface area contributed by atoms with Crippen LogP contribution in [0.15, 0.2) is 42.5 Å². The number of ether oxygens (including phenoxy) is 1. The van der Waals surface area contributed by atoms with Crippen molar-refractivity contribution in [2.75, 3.05) is 62.3 Å². The molecule has 0 radical (unpaired) electrons. The number of piperazine rings is 1. The molecule has 1 amide bonds. The Balaban J connectivity index is 1.39. The van der Waals surface area contributed by atoms with E-state index in [0.29, 0.717) is 68.8 Å². The lowest BCUT2D eigenvalue weighted by molar-refractivity contribution is -0.384. The van der Waals surface area contributed by atoms with Crippen LogP contribution in [0, 0.1) is 13.7 Å². The lowest BCUT2D eigenvalue weighted by atomic mass is 10.1. The second-order valence-corrected chi connectivity index (χ2v) is 9.40. The number of hydrogen-bond donors (Lipinski definition) is 1. The van der Waals surface area contributed by atoms with Gasteiger partial charge >= 0.3 is 0 Å². The molecule has 0 saturated carbocycles. The van der Waals surface area contributed by atoms with E-state index in [-0.39, 0.29) is 16.5 Å². The first-order valence-corrected chi connectivity index (χ1v) is 12.1. The summed E-state index contributed by atoms with van der Waals surface area (Å²) >= 11 is 7.66. The topological polar surface area (TPSA) is 91.2 Å². The van der Waals surface area contributed by atoms with Crippen LogP contribution in [0.3, 0.4) is 0 Å². The molecule has 0 spiro atoms. The third-order valence-electron chi connectivity index (χ3n) is 5.77. The van der Waals surface area contributed by atoms with Crippen molar-refractivity contribution in [2.24, 2.45) is 0 Å². The molecule has 0 aliphatic carbocycles. The Morgan fingerprint density at radius 2 is 1.67 bits per heavy atom. The molecule has 4 rings (SSSR count). The van der Waals surface area contributed by atoms with E-state index in [1.807, 2.05) is 28.0 Å². The number of thiocarbonyl (C=S) groups is 1. The number of halogens is 1. The fraction of sp³-hybridized carbons (Fsp3) is 0.364. The smallest absolute Gasteiger partial charge is 0.292 e. The largest absolute Gasteiger partial charge is 0.378 e. The maximum Gasteiger partial charge on any atom is 0.292 e. The predicted molar refractivity (Wildman–Crippen MR) is 139 cm³/mol. The molecule has 2 aromatic carbocycles. The van der Waals surface area contributed by atoms with E-state index in [1.165, 1.54) is 0 Å². The minimum Gasteiger partial charge on any atom is -0.378 e. The number of carbonyl (C=O) groups excluding carboxylic acids is 1. The van der Waals surface area contributed by atoms with Crippen molar-refractivity contribution in [3.8, 4) is 0 Å². The fourth-order valence-electron chi connectivity index (χ4n) is 3.94. The van der Waals surface area contributed by atoms with Gasteiger partial charge in [-0.05, 0) is 71.2 Å². The molecule has 0 bridgehead atoms. The number of carbonyl (C=O) groups is 1. The molecule has 2 aliphatic rings. The van der Waals surface area contributed by atoms with Gasteiger partial charge in [0.1, 0.15) is 5.69 Å². The highest BCUT2D eigenvalue weighted by atomic mass is 127. The Hall–Kier alpha value is -2.51. The average Bonchev–Trinajstić information content (AvgIpc) is 2.84. The summed E-state index contributed by atoms with van der Waals surface area (Å²) in [6.45, 7) is 5.07. The van der Waals surface area contributed by atoms with Gasteiger partial charge in [0, 0.05) is 60.2 Å². The summed E-state index contributed by atoms with van der Waals surface area (Å²) in [4.78, 5) is 29.9. The number of nitro groups is 1. The molecule has 174 valence electrons. The van der Waals surface area contributed by atoms with Crippen LogP contribution in [-0.4, -0.2) is 73.3 Å². The van der Waals surface area contributed by atoms with Crippen molar-refractivity contribution in [3.05, 3.63) is 61.7 Å². The zero-order valence-electron chi connectivity index (χ0n) is 17.9. The van der Waals surface area contributed by atoms with Gasteiger partial charge in [0.2, 0.25) is 0 Å². The number of benzene rings is 2. The molecule has 0 atom stereocenters. The van der Waals surface area contributed by atoms with E-state index in [0.717, 1.165) is 9.26 Å². The normalized spacial score (nSPS) is 16.5. The maximum atomic E-state index is 12.5. The maximum absolute atomic E-state index is 12.5. The highest BCUT2D eigenvalue weighted by molar-refractivity contribution is 14.1. The van der Waals surface area contributed by atoms with E-state index >= 15 is 0 Å². The number of nitro benzene ring substituents is 1. The second kappa shape index (κ2) is 10.6. The SMILES string of the molecule is O=C(NC(=S)N1CCN(c2ccc([N+](=O)[O-])c(N3CCOCC3)c2)CC1)c1ccc(I)cc1. The van der Waals surface area contributed by atoms with E-state index in [4.69, 9.17) is 17.0 Å². The van der Waals surface area contributed by atoms with Crippen LogP contribution in [0.25, 0.3) is 0 Å². The summed E-state index contributed by atoms with van der Waals surface area (Å²) in [6.07, 6.45) is 0. The molecular formula is C22H24IN5O4S. The first kappa shape index (κ1) is 23.6. The molecule has 11 heteroatoms. The van der Waals surface area contributed by atoms with Crippen LogP contribution in [-0.2, 0) is 4.74 Å². The molecular weight excluding hydrogens is 557 g/mol. The Kier molecular flexibility index (Phi) is 7.60. The van der Waals surface area contributed by atoms with Gasteiger partial charge in [-0.15, -0.1) is 0 Å². The van der Waals surface area contributed by atoms with Crippen LogP contribution in [0.1, 0.15) is 10.4 Å². The van der Waals surface area contributed by atoms with E-state index in [9.17, 15) is 14.9 Å². The number of anilines is 2. The van der Waals surface area contributed by atoms with Crippen molar-refractivity contribution in [2.45, 2.75) is 0 Å². The third-order valence-corrected chi connectivity index (χ3v) is 6.85. The zero-order chi connectivity index (χ0) is 23.4. The molecule has 2 aromatic rings. The summed E-state index contributed by atoms with van der Waals surface area (Å²) in [6, 6.07) is 12.6. The molecule has 1 N–H and O–H groups in total. The van der Waals surface area contributed by atoms with Crippen LogP contribution >= 0.6 is 34.8 Å². The zero-order valence-corrected chi connectivity index (χ0v) is 20.9. The van der Waals surface area contributed by atoms with Gasteiger partial charge in [-0.25, -0.2) is 0 Å². The summed E-state index contributed by atoms with van der Waals surface area (Å²) in [5, 5.41) is 14.8. The van der Waals surface area contributed by atoms with Crippen molar-refractivity contribution < 1.29 is 14.5 Å². The molecule has 33 heavy (non-hydrogen) atoms. The molecule has 0 unspecified atom stereocenters. The molecule has 2 heterocycles. The molecule has 2 fully saturated rings. The van der Waals surface area contributed by atoms with Gasteiger partial charge in [0.15, 0.2) is 5.11 Å². The second-order valence-electron chi connectivity index (χ2n) is 7.77. The predicted octanol–water partition coefficient (Wildman–Crippen LogP) is 2.87. The summed E-state index contributed by atoms with van der Waals surface area (Å²) in [7, 11) is 0. The Bertz CT molecular complexity index is 1040. The van der Waals surface area contributed by atoms with Crippen molar-refractivity contribution in [1.29, 1.82) is 0 Å². The third kappa shape index (κ3) is 5.71. The molecule has 2 aliphatic heterocycles. The van der Waals surface area contributed by atoms with E-state index in [1.54, 1.807) is 24.3 Å². The number of morpholine rings is 1. The quantitative estimate of drug-likeness (QED) is 0.255. The number of amides is 1. The Labute approximate surface area is 211 Å². The number of hydrogen-bond acceptors (Lipinski definition) is 7. The minimum atomic E-state index is -0.332. The standard InChI is InChI=1S/C22H24IN5O4S/c23-17-3-1-16(2-4-17)21(29)24-22(33)27-9-7-25(8-10-27)18-5-6-19(28(30)31)20(15-18)26-11-13-32-14-12-26/h1-6,15H,7-14H2,(H,24,29,33). The van der Waals surface area contributed by atoms with Gasteiger partial charge in [0.25, 0.3) is 11.6 Å². The van der Waals surface area contributed by atoms with E-state index in [2.05, 4.69) is 32.8 Å². The first-order valence-electron chi connectivity index (χ1n) is 10.6. The average molecular weight is 581 g/mol. The van der Waals surface area contributed by atoms with Crippen molar-refractivity contribution in [1.82, 2.24) is 10.2 Å². The van der Waals surface area contributed by atoms with Gasteiger partial charge in [-0.3, -0.25) is 20.2 Å². The van der Waals surface area contributed by atoms with Crippen molar-refractivity contribution >= 4 is 62.9 Å².